The Morgan fingerprint density at radius 3 is 2.84 bits per heavy atom. The zero-order valence-corrected chi connectivity index (χ0v) is 29.0. The Hall–Kier alpha value is -3.90. The summed E-state index contributed by atoms with van der Waals surface area (Å²) in [5, 5.41) is 14.0. The number of alkyl halides is 1. The van der Waals surface area contributed by atoms with Crippen molar-refractivity contribution in [2.45, 2.75) is 74.4 Å². The molecule has 10 rings (SSSR count). The molecule has 1 amide bonds. The number of benzene rings is 2. The van der Waals surface area contributed by atoms with E-state index < -0.39 is 23.3 Å². The van der Waals surface area contributed by atoms with Gasteiger partial charge in [0.05, 0.1) is 32.9 Å². The summed E-state index contributed by atoms with van der Waals surface area (Å²) in [5.74, 6) is -0.157. The molecule has 0 spiro atoms. The van der Waals surface area contributed by atoms with Crippen LogP contribution in [0, 0.1) is 28.9 Å². The summed E-state index contributed by atoms with van der Waals surface area (Å²) in [6.45, 7) is 2.41. The zero-order chi connectivity index (χ0) is 34.9. The summed E-state index contributed by atoms with van der Waals surface area (Å²) < 4.78 is 53.1. The molecular weight excluding hydrogens is 701 g/mol. The summed E-state index contributed by atoms with van der Waals surface area (Å²) >= 11 is 7.82. The van der Waals surface area contributed by atoms with E-state index in [1.165, 1.54) is 25.0 Å². The number of aromatic nitrogens is 2. The Labute approximate surface area is 300 Å². The van der Waals surface area contributed by atoms with Crippen LogP contribution < -0.4 is 20.7 Å². The number of likely N-dealkylation sites (tertiary alicyclic amines) is 1. The van der Waals surface area contributed by atoms with E-state index in [1.54, 1.807) is 6.07 Å². The monoisotopic (exact) mass is 734 g/mol. The molecule has 0 bridgehead atoms. The van der Waals surface area contributed by atoms with Crippen LogP contribution in [0.15, 0.2) is 18.2 Å². The number of anilines is 2. The second-order valence-electron chi connectivity index (χ2n) is 15.0. The summed E-state index contributed by atoms with van der Waals surface area (Å²) in [4.78, 5) is 29.0. The third-order valence-electron chi connectivity index (χ3n) is 12.1. The highest BCUT2D eigenvalue weighted by molar-refractivity contribution is 7.23. The topological polar surface area (TPSA) is 134 Å². The van der Waals surface area contributed by atoms with Crippen LogP contribution in [0.3, 0.4) is 0 Å². The van der Waals surface area contributed by atoms with Crippen LogP contribution in [0.5, 0.6) is 6.01 Å². The number of nitrogens with one attached hydrogen (secondary N) is 1. The summed E-state index contributed by atoms with van der Waals surface area (Å²) in [6, 6.07) is 6.36. The number of hydrogen-bond acceptors (Lipinski definition) is 10. The number of nitrogens with two attached hydrogens (primary N) is 1. The van der Waals surface area contributed by atoms with Gasteiger partial charge in [0, 0.05) is 48.4 Å². The van der Waals surface area contributed by atoms with Crippen molar-refractivity contribution in [2.24, 2.45) is 5.92 Å². The van der Waals surface area contributed by atoms with Crippen molar-refractivity contribution in [3.8, 4) is 23.2 Å². The van der Waals surface area contributed by atoms with Crippen molar-refractivity contribution in [1.29, 1.82) is 5.26 Å². The van der Waals surface area contributed by atoms with Crippen molar-refractivity contribution < 1.29 is 22.7 Å². The van der Waals surface area contributed by atoms with E-state index in [4.69, 9.17) is 27.1 Å². The predicted molar refractivity (Wildman–Crippen MR) is 188 cm³/mol. The lowest BCUT2D eigenvalue weighted by Gasteiger charge is -2.47. The van der Waals surface area contributed by atoms with Crippen molar-refractivity contribution >= 4 is 60.7 Å². The number of nitrogen functional groups attached to an aromatic ring is 1. The molecule has 51 heavy (non-hydrogen) atoms. The predicted octanol–water partition coefficient (Wildman–Crippen LogP) is 5.39. The molecule has 264 valence electrons. The van der Waals surface area contributed by atoms with Crippen molar-refractivity contribution in [3.05, 3.63) is 40.4 Å². The number of halogens is 4. The van der Waals surface area contributed by atoms with Crippen LogP contribution in [-0.4, -0.2) is 94.3 Å². The molecular formula is C36H34ClF3N8O2S. The first kappa shape index (κ1) is 31.8. The van der Waals surface area contributed by atoms with E-state index in [2.05, 4.69) is 20.1 Å². The molecule has 6 fully saturated rings. The molecule has 1 saturated carbocycles. The Morgan fingerprint density at radius 1 is 1.20 bits per heavy atom. The average Bonchev–Trinajstić information content (AvgIpc) is 3.96. The lowest BCUT2D eigenvalue weighted by atomic mass is 9.95. The lowest BCUT2D eigenvalue weighted by molar-refractivity contribution is -0.138. The number of thiophene rings is 1. The Bertz CT molecular complexity index is 2210. The van der Waals surface area contributed by atoms with Gasteiger partial charge in [-0.2, -0.15) is 15.2 Å². The molecule has 1 aliphatic carbocycles. The van der Waals surface area contributed by atoms with Crippen molar-refractivity contribution in [2.75, 3.05) is 43.4 Å². The summed E-state index contributed by atoms with van der Waals surface area (Å²) in [5.41, 5.74) is 5.79. The minimum Gasteiger partial charge on any atom is -0.461 e. The Balaban J connectivity index is 1.06. The minimum atomic E-state index is -0.947. The molecule has 7 heterocycles. The lowest BCUT2D eigenvalue weighted by Crippen LogP contribution is -2.65. The van der Waals surface area contributed by atoms with E-state index in [0.29, 0.717) is 49.2 Å². The second kappa shape index (κ2) is 11.3. The van der Waals surface area contributed by atoms with Crippen LogP contribution >= 0.6 is 22.9 Å². The number of ether oxygens (including phenoxy) is 1. The molecule has 10 nitrogen and oxygen atoms in total. The summed E-state index contributed by atoms with van der Waals surface area (Å²) in [7, 11) is 0. The van der Waals surface area contributed by atoms with Gasteiger partial charge in [0.25, 0.3) is 0 Å². The van der Waals surface area contributed by atoms with Crippen LogP contribution in [0.4, 0.5) is 24.0 Å². The number of hydrogen-bond donors (Lipinski definition) is 2. The van der Waals surface area contributed by atoms with E-state index in [1.807, 2.05) is 11.0 Å². The third kappa shape index (κ3) is 4.77. The number of nitriles is 1. The molecule has 15 heteroatoms. The maximum atomic E-state index is 17.1. The maximum Gasteiger partial charge on any atom is 0.319 e. The first-order chi connectivity index (χ1) is 24.7. The zero-order valence-electron chi connectivity index (χ0n) is 27.5. The smallest absolute Gasteiger partial charge is 0.319 e. The van der Waals surface area contributed by atoms with Crippen LogP contribution in [-0.2, 0) is 4.79 Å². The van der Waals surface area contributed by atoms with Crippen molar-refractivity contribution in [3.63, 3.8) is 0 Å². The van der Waals surface area contributed by atoms with Crippen molar-refractivity contribution in [1.82, 2.24) is 25.1 Å². The fourth-order valence-electron chi connectivity index (χ4n) is 9.40. The molecule has 2 aromatic carbocycles. The first-order valence-electron chi connectivity index (χ1n) is 17.6. The van der Waals surface area contributed by atoms with Gasteiger partial charge in [0.2, 0.25) is 5.91 Å². The van der Waals surface area contributed by atoms with Gasteiger partial charge in [0.15, 0.2) is 5.82 Å². The quantitative estimate of drug-likeness (QED) is 0.240. The van der Waals surface area contributed by atoms with Gasteiger partial charge < -0.3 is 20.3 Å². The molecule has 5 saturated heterocycles. The molecule has 0 radical (unpaired) electrons. The Kier molecular flexibility index (Phi) is 7.05. The van der Waals surface area contributed by atoms with Gasteiger partial charge in [0.1, 0.15) is 47.0 Å². The number of fused-ring (bicyclic) bond motifs is 4. The molecule has 6 atom stereocenters. The van der Waals surface area contributed by atoms with Gasteiger partial charge in [-0.3, -0.25) is 15.0 Å². The first-order valence-corrected chi connectivity index (χ1v) is 18.8. The second-order valence-corrected chi connectivity index (χ2v) is 16.5. The number of amides is 1. The van der Waals surface area contributed by atoms with Gasteiger partial charge in [-0.15, -0.1) is 11.3 Å². The molecule has 6 aliphatic rings. The van der Waals surface area contributed by atoms with Gasteiger partial charge >= 0.3 is 6.01 Å². The highest BCUT2D eigenvalue weighted by atomic mass is 35.5. The highest BCUT2D eigenvalue weighted by Crippen LogP contribution is 2.48. The fraction of sp³-hybridized carbons (Fsp3) is 0.500. The van der Waals surface area contributed by atoms with Crippen LogP contribution in [0.25, 0.3) is 32.1 Å². The standard InChI is InChI=1S/C36H34ClF3N8O2S/c37-21-10-19-29(27(40)26(21)18-4-5-22(39)31-25(18)20(12-41)32(42)51-31)44-35(50-15-36-7-1-8-46(36)13-17(38)11-36)45-33(19)47-9-6-23-24(47)14-48(23)34(49)30-28(43-30)16-2-3-16/h4-5,10,16-17,23-24,28,30,43H,1-3,6-9,11,13-15,42H2/t17-,23?,24?,28+,30-,36+/m1/s1. The highest BCUT2D eigenvalue weighted by Gasteiger charge is 2.57. The number of carbonyl (C=O) groups is 1. The SMILES string of the molecule is N#Cc1c(N)sc2c(F)ccc(-c3c(Cl)cc4c(N5CCC6C5CN6C(=O)[C@@H]5N[C@H]5C5CC5)nc(OC[C@@]56CCCN5C[C@H](F)C6)nc4c3F)c12. The number of rotatable bonds is 7. The molecule has 5 aliphatic heterocycles. The van der Waals surface area contributed by atoms with Gasteiger partial charge in [-0.25, -0.2) is 13.2 Å². The van der Waals surface area contributed by atoms with Gasteiger partial charge in [-0.1, -0.05) is 17.7 Å². The van der Waals surface area contributed by atoms with Crippen LogP contribution in [0.1, 0.15) is 44.1 Å². The van der Waals surface area contributed by atoms with E-state index in [-0.39, 0.29) is 79.0 Å². The summed E-state index contributed by atoms with van der Waals surface area (Å²) in [6.07, 6.45) is 4.20. The van der Waals surface area contributed by atoms with Gasteiger partial charge in [-0.05, 0) is 62.3 Å². The average molecular weight is 735 g/mol. The van der Waals surface area contributed by atoms with Crippen LogP contribution in [0.2, 0.25) is 5.02 Å². The maximum absolute atomic E-state index is 17.1. The molecule has 4 aromatic rings. The van der Waals surface area contributed by atoms with E-state index >= 15 is 4.39 Å². The Morgan fingerprint density at radius 2 is 2.04 bits per heavy atom. The fourth-order valence-corrected chi connectivity index (χ4v) is 10.6. The minimum absolute atomic E-state index is 0.000549. The van der Waals surface area contributed by atoms with E-state index in [9.17, 15) is 18.8 Å². The normalized spacial score (nSPS) is 29.7. The molecule has 2 unspecified atom stereocenters. The number of carbonyl (C=O) groups excluding carboxylic acids is 1. The number of nitrogens with zero attached hydrogens (tertiary/aromatic N) is 6. The molecule has 3 N–H and O–H groups in total. The third-order valence-corrected chi connectivity index (χ3v) is 13.5. The largest absolute Gasteiger partial charge is 0.461 e. The molecule has 2 aromatic heterocycles. The van der Waals surface area contributed by atoms with E-state index in [0.717, 1.165) is 37.1 Å².